The summed E-state index contributed by atoms with van der Waals surface area (Å²) in [5, 5.41) is 2.98. The summed E-state index contributed by atoms with van der Waals surface area (Å²) in [6.45, 7) is 0. The lowest BCUT2D eigenvalue weighted by Gasteiger charge is -2.22. The molecule has 0 aliphatic carbocycles. The van der Waals surface area contributed by atoms with Gasteiger partial charge in [-0.15, -0.1) is 0 Å². The molecule has 4 rings (SSSR count). The van der Waals surface area contributed by atoms with Gasteiger partial charge in [-0.25, -0.2) is 8.78 Å². The summed E-state index contributed by atoms with van der Waals surface area (Å²) in [6, 6.07) is 19.9. The maximum absolute atomic E-state index is 14.0. The first kappa shape index (κ1) is 25.5. The van der Waals surface area contributed by atoms with Gasteiger partial charge in [0.25, 0.3) is 0 Å². The van der Waals surface area contributed by atoms with E-state index in [1.807, 2.05) is 0 Å². The molecule has 0 aliphatic heterocycles. The Labute approximate surface area is 213 Å². The molecule has 1 aromatic heterocycles. The number of amides is 2. The number of methoxy groups -OCH3 is 1. The van der Waals surface area contributed by atoms with Crippen molar-refractivity contribution in [3.8, 4) is 16.9 Å². The number of hydrogen-bond donors (Lipinski definition) is 2. The Balaban J connectivity index is 1.71. The lowest BCUT2D eigenvalue weighted by atomic mass is 9.94. The highest BCUT2D eigenvalue weighted by Crippen LogP contribution is 2.30. The molecule has 2 amide bonds. The smallest absolute Gasteiger partial charge is 0.248 e. The molecule has 188 valence electrons. The Morgan fingerprint density at radius 1 is 0.946 bits per heavy atom. The third-order valence-electron chi connectivity index (χ3n) is 5.82. The number of benzene rings is 3. The number of primary amides is 1. The molecule has 0 saturated heterocycles. The number of aromatic nitrogens is 1. The molecule has 0 saturated carbocycles. The number of rotatable bonds is 9. The first-order chi connectivity index (χ1) is 17.8. The summed E-state index contributed by atoms with van der Waals surface area (Å²) in [6.07, 6.45) is 1.72. The van der Waals surface area contributed by atoms with Crippen LogP contribution in [0.3, 0.4) is 0 Å². The predicted octanol–water partition coefficient (Wildman–Crippen LogP) is 4.78. The predicted molar refractivity (Wildman–Crippen MR) is 136 cm³/mol. The quantitative estimate of drug-likeness (QED) is 0.345. The molecule has 6 nitrogen and oxygen atoms in total. The van der Waals surface area contributed by atoms with Gasteiger partial charge in [0, 0.05) is 23.4 Å². The van der Waals surface area contributed by atoms with Crippen LogP contribution in [0.2, 0.25) is 0 Å². The SMILES string of the molecule is COc1cccc(CC(=O)N[C@@H](Cc2cc(F)cc(F)c2)c2ncccc2-c2cccc(C(N)=O)c2)c1. The molecular weight excluding hydrogens is 476 g/mol. The average Bonchev–Trinajstić information content (AvgIpc) is 2.88. The van der Waals surface area contributed by atoms with Crippen molar-refractivity contribution in [2.75, 3.05) is 7.11 Å². The second-order valence-corrected chi connectivity index (χ2v) is 8.51. The number of nitrogens with zero attached hydrogens (tertiary/aromatic N) is 1. The Kier molecular flexibility index (Phi) is 7.88. The van der Waals surface area contributed by atoms with Crippen LogP contribution in [0.4, 0.5) is 8.78 Å². The van der Waals surface area contributed by atoms with Crippen LogP contribution in [0.15, 0.2) is 85.1 Å². The molecule has 8 heteroatoms. The molecule has 1 heterocycles. The number of nitrogens with one attached hydrogen (secondary N) is 1. The highest BCUT2D eigenvalue weighted by atomic mass is 19.1. The van der Waals surface area contributed by atoms with Gasteiger partial charge >= 0.3 is 0 Å². The zero-order chi connectivity index (χ0) is 26.4. The number of ether oxygens (including phenoxy) is 1. The number of pyridine rings is 1. The highest BCUT2D eigenvalue weighted by molar-refractivity contribution is 5.94. The Morgan fingerprint density at radius 3 is 2.43 bits per heavy atom. The Bertz CT molecular complexity index is 1420. The number of halogens is 2. The standard InChI is InChI=1S/C29H25F2N3O3/c1-37-24-8-2-5-18(13-24)15-27(35)34-26(14-19-11-22(30)17-23(31)12-19)28-25(9-4-10-33-28)20-6-3-7-21(16-20)29(32)36/h2-13,16-17,26H,14-15H2,1H3,(H2,32,36)(H,34,35)/t26-/m0/s1. The second-order valence-electron chi connectivity index (χ2n) is 8.51. The maximum Gasteiger partial charge on any atom is 0.248 e. The molecule has 0 radical (unpaired) electrons. The van der Waals surface area contributed by atoms with Crippen LogP contribution < -0.4 is 15.8 Å². The van der Waals surface area contributed by atoms with Crippen molar-refractivity contribution in [2.45, 2.75) is 18.9 Å². The zero-order valence-corrected chi connectivity index (χ0v) is 20.1. The van der Waals surface area contributed by atoms with Crippen LogP contribution in [0.25, 0.3) is 11.1 Å². The van der Waals surface area contributed by atoms with E-state index in [0.717, 1.165) is 11.6 Å². The molecular formula is C29H25F2N3O3. The zero-order valence-electron chi connectivity index (χ0n) is 20.1. The molecule has 0 spiro atoms. The minimum atomic E-state index is -0.729. The Morgan fingerprint density at radius 2 is 1.70 bits per heavy atom. The summed E-state index contributed by atoms with van der Waals surface area (Å²) in [5.41, 5.74) is 8.66. The molecule has 3 aromatic carbocycles. The van der Waals surface area contributed by atoms with E-state index in [0.29, 0.717) is 33.7 Å². The molecule has 0 aliphatic rings. The Hall–Kier alpha value is -4.59. The van der Waals surface area contributed by atoms with Gasteiger partial charge in [0.15, 0.2) is 0 Å². The summed E-state index contributed by atoms with van der Waals surface area (Å²) in [4.78, 5) is 29.4. The van der Waals surface area contributed by atoms with Crippen molar-refractivity contribution < 1.29 is 23.1 Å². The van der Waals surface area contributed by atoms with Crippen LogP contribution in [-0.2, 0) is 17.6 Å². The van der Waals surface area contributed by atoms with Crippen molar-refractivity contribution in [3.05, 3.63) is 119 Å². The third-order valence-corrected chi connectivity index (χ3v) is 5.82. The van der Waals surface area contributed by atoms with Crippen molar-refractivity contribution >= 4 is 11.8 Å². The van der Waals surface area contributed by atoms with Crippen molar-refractivity contribution in [1.82, 2.24) is 10.3 Å². The molecule has 4 aromatic rings. The van der Waals surface area contributed by atoms with Gasteiger partial charge in [0.2, 0.25) is 11.8 Å². The molecule has 3 N–H and O–H groups in total. The summed E-state index contributed by atoms with van der Waals surface area (Å²) >= 11 is 0. The van der Waals surface area contributed by atoms with Crippen molar-refractivity contribution in [3.63, 3.8) is 0 Å². The first-order valence-corrected chi connectivity index (χ1v) is 11.5. The number of hydrogen-bond acceptors (Lipinski definition) is 4. The van der Waals surface area contributed by atoms with E-state index < -0.39 is 23.6 Å². The van der Waals surface area contributed by atoms with Crippen molar-refractivity contribution in [2.24, 2.45) is 5.73 Å². The lowest BCUT2D eigenvalue weighted by Crippen LogP contribution is -2.32. The summed E-state index contributed by atoms with van der Waals surface area (Å²) < 4.78 is 33.2. The fourth-order valence-corrected chi connectivity index (χ4v) is 4.17. The fourth-order valence-electron chi connectivity index (χ4n) is 4.17. The monoisotopic (exact) mass is 501 g/mol. The van der Waals surface area contributed by atoms with Gasteiger partial charge < -0.3 is 15.8 Å². The number of carbonyl (C=O) groups excluding carboxylic acids is 2. The highest BCUT2D eigenvalue weighted by Gasteiger charge is 2.22. The minimum absolute atomic E-state index is 0.0601. The molecule has 0 fully saturated rings. The van der Waals surface area contributed by atoms with Crippen LogP contribution in [-0.4, -0.2) is 23.9 Å². The van der Waals surface area contributed by atoms with Gasteiger partial charge in [-0.05, 0) is 65.6 Å². The van der Waals surface area contributed by atoms with E-state index in [1.54, 1.807) is 74.0 Å². The van der Waals surface area contributed by atoms with Gasteiger partial charge in [0.1, 0.15) is 17.4 Å². The van der Waals surface area contributed by atoms with Gasteiger partial charge in [0.05, 0.1) is 25.3 Å². The van der Waals surface area contributed by atoms with E-state index in [1.165, 1.54) is 12.1 Å². The topological polar surface area (TPSA) is 94.3 Å². The van der Waals surface area contributed by atoms with E-state index in [-0.39, 0.29) is 18.7 Å². The summed E-state index contributed by atoms with van der Waals surface area (Å²) in [5.74, 6) is -1.69. The number of nitrogens with two attached hydrogens (primary N) is 1. The van der Waals surface area contributed by atoms with Gasteiger partial charge in [-0.1, -0.05) is 30.3 Å². The van der Waals surface area contributed by atoms with Gasteiger partial charge in [-0.3, -0.25) is 14.6 Å². The summed E-state index contributed by atoms with van der Waals surface area (Å²) in [7, 11) is 1.54. The van der Waals surface area contributed by atoms with E-state index >= 15 is 0 Å². The van der Waals surface area contributed by atoms with E-state index in [9.17, 15) is 18.4 Å². The second kappa shape index (κ2) is 11.4. The van der Waals surface area contributed by atoms with Crippen LogP contribution in [0.5, 0.6) is 5.75 Å². The van der Waals surface area contributed by atoms with E-state index in [4.69, 9.17) is 10.5 Å². The minimum Gasteiger partial charge on any atom is -0.497 e. The molecule has 0 bridgehead atoms. The average molecular weight is 502 g/mol. The third kappa shape index (κ3) is 6.55. The van der Waals surface area contributed by atoms with Crippen LogP contribution >= 0.6 is 0 Å². The molecule has 0 unspecified atom stereocenters. The largest absolute Gasteiger partial charge is 0.497 e. The molecule has 1 atom stereocenters. The number of carbonyl (C=O) groups is 2. The van der Waals surface area contributed by atoms with Gasteiger partial charge in [-0.2, -0.15) is 0 Å². The van der Waals surface area contributed by atoms with E-state index in [2.05, 4.69) is 10.3 Å². The normalized spacial score (nSPS) is 11.5. The van der Waals surface area contributed by atoms with Crippen LogP contribution in [0, 0.1) is 11.6 Å². The molecule has 37 heavy (non-hydrogen) atoms. The fraction of sp³-hybridized carbons (Fsp3) is 0.138. The van der Waals surface area contributed by atoms with Crippen LogP contribution in [0.1, 0.15) is 33.2 Å². The van der Waals surface area contributed by atoms with Crippen molar-refractivity contribution in [1.29, 1.82) is 0 Å². The first-order valence-electron chi connectivity index (χ1n) is 11.5. The maximum atomic E-state index is 14.0. The lowest BCUT2D eigenvalue weighted by molar-refractivity contribution is -0.121.